The molecular weight excluding hydrogens is 266 g/mol. The number of oxime groups is 1. The Kier molecular flexibility index (Phi) is 4.83. The van der Waals surface area contributed by atoms with Gasteiger partial charge in [-0.15, -0.1) is 0 Å². The second-order valence-electron chi connectivity index (χ2n) is 5.72. The second kappa shape index (κ2) is 6.61. The molecule has 1 heterocycles. The molecule has 0 spiro atoms. The monoisotopic (exact) mass is 289 g/mol. The molecule has 1 aromatic rings. The first-order valence-electron chi connectivity index (χ1n) is 7.36. The van der Waals surface area contributed by atoms with Gasteiger partial charge in [0.1, 0.15) is 0 Å². The number of nitrogens with two attached hydrogens (primary N) is 1. The van der Waals surface area contributed by atoms with Gasteiger partial charge in [-0.25, -0.2) is 0 Å². The van der Waals surface area contributed by atoms with Crippen molar-refractivity contribution < 1.29 is 10.0 Å². The first-order chi connectivity index (χ1) is 10.0. The molecule has 1 saturated heterocycles. The maximum Gasteiger partial charge on any atom is 0.227 e. The highest BCUT2D eigenvalue weighted by Crippen LogP contribution is 2.19. The molecule has 0 aromatic heterocycles. The summed E-state index contributed by atoms with van der Waals surface area (Å²) in [6.07, 6.45) is 3.08. The first kappa shape index (κ1) is 15.4. The molecule has 1 unspecified atom stereocenters. The van der Waals surface area contributed by atoms with E-state index in [-0.39, 0.29) is 17.8 Å². The summed E-state index contributed by atoms with van der Waals surface area (Å²) < 4.78 is 0. The minimum absolute atomic E-state index is 0.0366. The van der Waals surface area contributed by atoms with E-state index < -0.39 is 0 Å². The van der Waals surface area contributed by atoms with Gasteiger partial charge in [0, 0.05) is 6.54 Å². The Morgan fingerprint density at radius 3 is 2.81 bits per heavy atom. The Morgan fingerprint density at radius 1 is 1.38 bits per heavy atom. The topological polar surface area (TPSA) is 78.9 Å². The number of carbonyl (C=O) groups is 1. The van der Waals surface area contributed by atoms with E-state index in [1.165, 1.54) is 11.1 Å². The predicted molar refractivity (Wildman–Crippen MR) is 82.4 cm³/mol. The molecule has 5 nitrogen and oxygen atoms in total. The number of hydrogen-bond donors (Lipinski definition) is 2. The van der Waals surface area contributed by atoms with Crippen LogP contribution in [0.1, 0.15) is 36.0 Å². The molecule has 1 aromatic carbocycles. The predicted octanol–water partition coefficient (Wildman–Crippen LogP) is 1.97. The number of nitrogens with zero attached hydrogens (tertiary/aromatic N) is 2. The van der Waals surface area contributed by atoms with E-state index in [0.29, 0.717) is 13.0 Å². The SMILES string of the molecule is Cc1ccc(CC(=O)N2CCCCC2C(N)=NO)cc1C. The highest BCUT2D eigenvalue weighted by molar-refractivity contribution is 5.90. The number of likely N-dealkylation sites (tertiary alicyclic amines) is 1. The van der Waals surface area contributed by atoms with E-state index >= 15 is 0 Å². The summed E-state index contributed by atoms with van der Waals surface area (Å²) in [5, 5.41) is 11.9. The quantitative estimate of drug-likeness (QED) is 0.386. The van der Waals surface area contributed by atoms with Gasteiger partial charge in [0.25, 0.3) is 0 Å². The summed E-state index contributed by atoms with van der Waals surface area (Å²) >= 11 is 0. The van der Waals surface area contributed by atoms with Gasteiger partial charge in [-0.05, 0) is 49.8 Å². The van der Waals surface area contributed by atoms with E-state index in [1.807, 2.05) is 19.1 Å². The molecule has 1 amide bonds. The zero-order chi connectivity index (χ0) is 15.4. The van der Waals surface area contributed by atoms with Crippen molar-refractivity contribution in [2.24, 2.45) is 10.9 Å². The van der Waals surface area contributed by atoms with Gasteiger partial charge in [-0.3, -0.25) is 4.79 Å². The van der Waals surface area contributed by atoms with E-state index in [4.69, 9.17) is 10.9 Å². The van der Waals surface area contributed by atoms with Crippen molar-refractivity contribution in [2.45, 2.75) is 45.6 Å². The van der Waals surface area contributed by atoms with Gasteiger partial charge in [-0.2, -0.15) is 0 Å². The summed E-state index contributed by atoms with van der Waals surface area (Å²) in [6.45, 7) is 4.77. The number of piperidine rings is 1. The zero-order valence-corrected chi connectivity index (χ0v) is 12.7. The van der Waals surface area contributed by atoms with Gasteiger partial charge in [0.2, 0.25) is 5.91 Å². The molecular formula is C16H23N3O2. The summed E-state index contributed by atoms with van der Waals surface area (Å²) in [5.74, 6) is 0.165. The van der Waals surface area contributed by atoms with E-state index in [0.717, 1.165) is 24.8 Å². The standard InChI is InChI=1S/C16H23N3O2/c1-11-6-7-13(9-12(11)2)10-15(20)19-8-4-3-5-14(19)16(17)18-21/h6-7,9,14,21H,3-5,8,10H2,1-2H3,(H2,17,18). The van der Waals surface area contributed by atoms with Crippen LogP contribution >= 0.6 is 0 Å². The van der Waals surface area contributed by atoms with Gasteiger partial charge in [0.15, 0.2) is 5.84 Å². The van der Waals surface area contributed by atoms with E-state index in [9.17, 15) is 4.79 Å². The molecule has 1 atom stereocenters. The van der Waals surface area contributed by atoms with Crippen molar-refractivity contribution in [3.05, 3.63) is 34.9 Å². The summed E-state index contributed by atoms with van der Waals surface area (Å²) in [7, 11) is 0. The van der Waals surface area contributed by atoms with Gasteiger partial charge >= 0.3 is 0 Å². The lowest BCUT2D eigenvalue weighted by Crippen LogP contribution is -2.51. The number of hydrogen-bond acceptors (Lipinski definition) is 3. The van der Waals surface area contributed by atoms with Crippen LogP contribution in [0.15, 0.2) is 23.4 Å². The molecule has 0 bridgehead atoms. The van der Waals surface area contributed by atoms with Gasteiger partial charge in [0.05, 0.1) is 12.5 Å². The summed E-state index contributed by atoms with van der Waals surface area (Å²) in [6, 6.07) is 5.80. The Hall–Kier alpha value is -2.04. The average molecular weight is 289 g/mol. The number of rotatable bonds is 3. The Bertz CT molecular complexity index is 554. The van der Waals surface area contributed by atoms with Crippen LogP contribution in [0.25, 0.3) is 0 Å². The Morgan fingerprint density at radius 2 is 2.14 bits per heavy atom. The van der Waals surface area contributed by atoms with Crippen LogP contribution in [-0.2, 0) is 11.2 Å². The summed E-state index contributed by atoms with van der Waals surface area (Å²) in [4.78, 5) is 14.3. The maximum absolute atomic E-state index is 12.5. The third kappa shape index (κ3) is 3.54. The second-order valence-corrected chi connectivity index (χ2v) is 5.72. The van der Waals surface area contributed by atoms with E-state index in [2.05, 4.69) is 18.1 Å². The smallest absolute Gasteiger partial charge is 0.227 e. The molecule has 1 aliphatic rings. The van der Waals surface area contributed by atoms with Crippen molar-refractivity contribution in [1.82, 2.24) is 4.90 Å². The summed E-state index contributed by atoms with van der Waals surface area (Å²) in [5.41, 5.74) is 9.13. The van der Waals surface area contributed by atoms with Crippen molar-refractivity contribution in [3.63, 3.8) is 0 Å². The number of aryl methyl sites for hydroxylation is 2. The van der Waals surface area contributed by atoms with Crippen LogP contribution in [-0.4, -0.2) is 34.4 Å². The van der Waals surface area contributed by atoms with Crippen LogP contribution in [0.5, 0.6) is 0 Å². The minimum atomic E-state index is -0.275. The number of amides is 1. The zero-order valence-electron chi connectivity index (χ0n) is 12.7. The normalized spacial score (nSPS) is 19.6. The number of carbonyl (C=O) groups excluding carboxylic acids is 1. The Balaban J connectivity index is 2.12. The molecule has 0 saturated carbocycles. The van der Waals surface area contributed by atoms with E-state index in [1.54, 1.807) is 4.90 Å². The number of amidine groups is 1. The third-order valence-electron chi connectivity index (χ3n) is 4.21. The molecule has 5 heteroatoms. The molecule has 1 aliphatic heterocycles. The molecule has 21 heavy (non-hydrogen) atoms. The van der Waals surface area contributed by atoms with Crippen LogP contribution in [0.4, 0.5) is 0 Å². The molecule has 3 N–H and O–H groups in total. The molecule has 0 aliphatic carbocycles. The van der Waals surface area contributed by atoms with Crippen molar-refractivity contribution in [2.75, 3.05) is 6.54 Å². The molecule has 2 rings (SSSR count). The fourth-order valence-corrected chi connectivity index (χ4v) is 2.79. The first-order valence-corrected chi connectivity index (χ1v) is 7.36. The average Bonchev–Trinajstić information content (AvgIpc) is 2.50. The van der Waals surface area contributed by atoms with Gasteiger partial charge < -0.3 is 15.8 Å². The fraction of sp³-hybridized carbons (Fsp3) is 0.500. The molecule has 1 fully saturated rings. The van der Waals surface area contributed by atoms with Crippen molar-refractivity contribution >= 4 is 11.7 Å². The molecule has 114 valence electrons. The minimum Gasteiger partial charge on any atom is -0.409 e. The molecule has 0 radical (unpaired) electrons. The van der Waals surface area contributed by atoms with Crippen LogP contribution < -0.4 is 5.73 Å². The van der Waals surface area contributed by atoms with Crippen LogP contribution in [0, 0.1) is 13.8 Å². The highest BCUT2D eigenvalue weighted by atomic mass is 16.4. The third-order valence-corrected chi connectivity index (χ3v) is 4.21. The van der Waals surface area contributed by atoms with Gasteiger partial charge in [-0.1, -0.05) is 23.4 Å². The highest BCUT2D eigenvalue weighted by Gasteiger charge is 2.29. The van der Waals surface area contributed by atoms with Crippen molar-refractivity contribution in [3.8, 4) is 0 Å². The lowest BCUT2D eigenvalue weighted by atomic mass is 9.99. The Labute approximate surface area is 125 Å². The van der Waals surface area contributed by atoms with Crippen LogP contribution in [0.2, 0.25) is 0 Å². The number of benzene rings is 1. The van der Waals surface area contributed by atoms with Crippen LogP contribution in [0.3, 0.4) is 0 Å². The lowest BCUT2D eigenvalue weighted by Gasteiger charge is -2.35. The largest absolute Gasteiger partial charge is 0.409 e. The fourth-order valence-electron chi connectivity index (χ4n) is 2.79. The lowest BCUT2D eigenvalue weighted by molar-refractivity contribution is -0.132. The van der Waals surface area contributed by atoms with Crippen molar-refractivity contribution in [1.29, 1.82) is 0 Å². The maximum atomic E-state index is 12.5.